The predicted molar refractivity (Wildman–Crippen MR) is 139 cm³/mol. The van der Waals surface area contributed by atoms with Crippen molar-refractivity contribution in [2.24, 2.45) is 0 Å². The number of ether oxygens (including phenoxy) is 2. The second-order valence-corrected chi connectivity index (χ2v) is 8.21. The summed E-state index contributed by atoms with van der Waals surface area (Å²) in [7, 11) is 0. The van der Waals surface area contributed by atoms with Crippen LogP contribution in [0.1, 0.15) is 29.2 Å². The quantitative estimate of drug-likeness (QED) is 0.274. The molecule has 4 aromatic rings. The summed E-state index contributed by atoms with van der Waals surface area (Å²) in [4.78, 5) is 0. The molecule has 4 rings (SSSR count). The van der Waals surface area contributed by atoms with Gasteiger partial charge in [-0.2, -0.15) is 13.2 Å². The largest absolute Gasteiger partial charge is 0.457 e. The standard InChI is InChI=1S/C15H17NO.C14H12F3NO/c1-3-12-6-4-5-7-15(12)17-14-9-8-13(16)10-11(14)2;1-9-8-10(18)6-7-12(9)19-13-5-3-2-4-11(13)14(15,16)17/h4-10H,3,16H2,1-2H3;2-8H,18H2,1H3. The van der Waals surface area contributed by atoms with E-state index in [1.165, 1.54) is 23.8 Å². The molecule has 0 spiro atoms. The maximum atomic E-state index is 12.8. The number of rotatable bonds is 5. The minimum absolute atomic E-state index is 0.220. The molecule has 0 aromatic heterocycles. The average Bonchev–Trinajstić information content (AvgIpc) is 2.83. The number of nitrogen functional groups attached to an aromatic ring is 2. The number of halogens is 3. The van der Waals surface area contributed by atoms with E-state index in [0.29, 0.717) is 17.0 Å². The molecule has 0 radical (unpaired) electrons. The fraction of sp³-hybridized carbons (Fsp3) is 0.172. The van der Waals surface area contributed by atoms with Gasteiger partial charge in [-0.05, 0) is 91.6 Å². The Morgan fingerprint density at radius 3 is 1.61 bits per heavy atom. The molecule has 0 heterocycles. The van der Waals surface area contributed by atoms with Gasteiger partial charge in [0, 0.05) is 11.4 Å². The van der Waals surface area contributed by atoms with Gasteiger partial charge in [0.1, 0.15) is 23.0 Å². The molecule has 0 aliphatic heterocycles. The molecule has 188 valence electrons. The zero-order valence-electron chi connectivity index (χ0n) is 20.4. The lowest BCUT2D eigenvalue weighted by Crippen LogP contribution is -2.07. The lowest BCUT2D eigenvalue weighted by Gasteiger charge is -2.14. The van der Waals surface area contributed by atoms with Crippen LogP contribution < -0.4 is 20.9 Å². The molecule has 0 amide bonds. The molecule has 0 fully saturated rings. The van der Waals surface area contributed by atoms with Crippen molar-refractivity contribution in [1.82, 2.24) is 0 Å². The van der Waals surface area contributed by atoms with Crippen LogP contribution in [-0.4, -0.2) is 0 Å². The molecule has 4 N–H and O–H groups in total. The SMILES string of the molecule is CCc1ccccc1Oc1ccc(N)cc1C.Cc1cc(N)ccc1Oc1ccccc1C(F)(F)F. The highest BCUT2D eigenvalue weighted by atomic mass is 19.4. The van der Waals surface area contributed by atoms with E-state index in [-0.39, 0.29) is 5.75 Å². The van der Waals surface area contributed by atoms with Crippen LogP contribution in [0.5, 0.6) is 23.0 Å². The van der Waals surface area contributed by atoms with Crippen molar-refractivity contribution in [2.75, 3.05) is 11.5 Å². The highest BCUT2D eigenvalue weighted by Crippen LogP contribution is 2.38. The van der Waals surface area contributed by atoms with Crippen LogP contribution in [0.2, 0.25) is 0 Å². The van der Waals surface area contributed by atoms with E-state index in [1.807, 2.05) is 43.3 Å². The molecule has 4 nitrogen and oxygen atoms in total. The van der Waals surface area contributed by atoms with E-state index < -0.39 is 11.7 Å². The number of hydrogen-bond donors (Lipinski definition) is 2. The first kappa shape index (κ1) is 26.5. The van der Waals surface area contributed by atoms with E-state index in [9.17, 15) is 13.2 Å². The third-order valence-electron chi connectivity index (χ3n) is 5.38. The minimum Gasteiger partial charge on any atom is -0.457 e. The summed E-state index contributed by atoms with van der Waals surface area (Å²) in [6.07, 6.45) is -3.48. The smallest absolute Gasteiger partial charge is 0.419 e. The normalized spacial score (nSPS) is 10.8. The molecular formula is C29H29F3N2O2. The zero-order valence-corrected chi connectivity index (χ0v) is 20.4. The van der Waals surface area contributed by atoms with Crippen molar-refractivity contribution in [3.05, 3.63) is 107 Å². The fourth-order valence-electron chi connectivity index (χ4n) is 3.50. The van der Waals surface area contributed by atoms with Crippen LogP contribution in [0.15, 0.2) is 84.9 Å². The Bertz CT molecular complexity index is 1320. The molecule has 0 bridgehead atoms. The summed E-state index contributed by atoms with van der Waals surface area (Å²) in [6.45, 7) is 5.85. The Morgan fingerprint density at radius 2 is 1.11 bits per heavy atom. The molecule has 36 heavy (non-hydrogen) atoms. The molecule has 0 saturated carbocycles. The van der Waals surface area contributed by atoms with Gasteiger partial charge in [0.05, 0.1) is 5.56 Å². The Hall–Kier alpha value is -4.13. The first-order chi connectivity index (χ1) is 17.1. The van der Waals surface area contributed by atoms with Crippen molar-refractivity contribution < 1.29 is 22.6 Å². The Balaban J connectivity index is 0.000000202. The summed E-state index contributed by atoms with van der Waals surface area (Å²) in [5.41, 5.74) is 14.7. The molecule has 0 aliphatic carbocycles. The maximum Gasteiger partial charge on any atom is 0.419 e. The number of nitrogens with two attached hydrogens (primary N) is 2. The van der Waals surface area contributed by atoms with Gasteiger partial charge in [0.2, 0.25) is 0 Å². The van der Waals surface area contributed by atoms with E-state index in [0.717, 1.165) is 35.2 Å². The molecule has 0 atom stereocenters. The van der Waals surface area contributed by atoms with Crippen LogP contribution >= 0.6 is 0 Å². The summed E-state index contributed by atoms with van der Waals surface area (Å²) in [5, 5.41) is 0. The number of aryl methyl sites for hydroxylation is 3. The van der Waals surface area contributed by atoms with Crippen molar-refractivity contribution >= 4 is 11.4 Å². The number of para-hydroxylation sites is 2. The fourth-order valence-corrected chi connectivity index (χ4v) is 3.50. The number of benzene rings is 4. The Labute approximate surface area is 209 Å². The highest BCUT2D eigenvalue weighted by molar-refractivity contribution is 5.50. The van der Waals surface area contributed by atoms with Crippen LogP contribution in [0, 0.1) is 13.8 Å². The third-order valence-corrected chi connectivity index (χ3v) is 5.38. The third kappa shape index (κ3) is 6.95. The monoisotopic (exact) mass is 494 g/mol. The van der Waals surface area contributed by atoms with E-state index in [4.69, 9.17) is 20.9 Å². The van der Waals surface area contributed by atoms with Gasteiger partial charge in [-0.3, -0.25) is 0 Å². The summed E-state index contributed by atoms with van der Waals surface area (Å²) >= 11 is 0. The van der Waals surface area contributed by atoms with Crippen molar-refractivity contribution in [1.29, 1.82) is 0 Å². The first-order valence-corrected chi connectivity index (χ1v) is 11.4. The second kappa shape index (κ2) is 11.5. The number of alkyl halides is 3. The van der Waals surface area contributed by atoms with Crippen LogP contribution in [0.3, 0.4) is 0 Å². The molecule has 0 aliphatic rings. The second-order valence-electron chi connectivity index (χ2n) is 8.21. The predicted octanol–water partition coefficient (Wildman–Crippen LogP) is 8.32. The Morgan fingerprint density at radius 1 is 0.639 bits per heavy atom. The van der Waals surface area contributed by atoms with E-state index in [1.54, 1.807) is 25.1 Å². The highest BCUT2D eigenvalue weighted by Gasteiger charge is 2.34. The van der Waals surface area contributed by atoms with Gasteiger partial charge in [-0.25, -0.2) is 0 Å². The number of anilines is 2. The van der Waals surface area contributed by atoms with Crippen LogP contribution in [0.25, 0.3) is 0 Å². The molecular weight excluding hydrogens is 465 g/mol. The van der Waals surface area contributed by atoms with Crippen LogP contribution in [-0.2, 0) is 12.6 Å². The van der Waals surface area contributed by atoms with E-state index >= 15 is 0 Å². The average molecular weight is 495 g/mol. The van der Waals surface area contributed by atoms with Gasteiger partial charge in [-0.1, -0.05) is 37.3 Å². The minimum atomic E-state index is -4.45. The van der Waals surface area contributed by atoms with Gasteiger partial charge in [0.15, 0.2) is 0 Å². The summed E-state index contributed by atoms with van der Waals surface area (Å²) in [5.74, 6) is 1.91. The summed E-state index contributed by atoms with van der Waals surface area (Å²) in [6, 6.07) is 23.7. The van der Waals surface area contributed by atoms with Crippen molar-refractivity contribution in [3.8, 4) is 23.0 Å². The lowest BCUT2D eigenvalue weighted by molar-refractivity contribution is -0.138. The van der Waals surface area contributed by atoms with Gasteiger partial charge < -0.3 is 20.9 Å². The van der Waals surface area contributed by atoms with Crippen LogP contribution in [0.4, 0.5) is 24.5 Å². The zero-order chi connectivity index (χ0) is 26.3. The molecule has 7 heteroatoms. The van der Waals surface area contributed by atoms with E-state index in [2.05, 4.69) is 13.0 Å². The van der Waals surface area contributed by atoms with Gasteiger partial charge in [0.25, 0.3) is 0 Å². The lowest BCUT2D eigenvalue weighted by atomic mass is 10.1. The van der Waals surface area contributed by atoms with Crippen molar-refractivity contribution in [2.45, 2.75) is 33.4 Å². The Kier molecular flexibility index (Phi) is 8.48. The maximum absolute atomic E-state index is 12.8. The number of hydrogen-bond acceptors (Lipinski definition) is 4. The molecule has 0 saturated heterocycles. The first-order valence-electron chi connectivity index (χ1n) is 11.4. The topological polar surface area (TPSA) is 70.5 Å². The van der Waals surface area contributed by atoms with Crippen molar-refractivity contribution in [3.63, 3.8) is 0 Å². The summed E-state index contributed by atoms with van der Waals surface area (Å²) < 4.78 is 49.7. The molecule has 4 aromatic carbocycles. The van der Waals surface area contributed by atoms with Gasteiger partial charge >= 0.3 is 6.18 Å². The van der Waals surface area contributed by atoms with Gasteiger partial charge in [-0.15, -0.1) is 0 Å². The molecule has 0 unspecified atom stereocenters.